The molecule has 0 saturated carbocycles. The summed E-state index contributed by atoms with van der Waals surface area (Å²) in [7, 11) is 0. The lowest BCUT2D eigenvalue weighted by Gasteiger charge is -2.05. The average Bonchev–Trinajstić information content (AvgIpc) is 2.98. The zero-order valence-corrected chi connectivity index (χ0v) is 12.9. The van der Waals surface area contributed by atoms with Gasteiger partial charge in [-0.05, 0) is 24.3 Å². The largest absolute Gasteiger partial charge is 0.325 e. The van der Waals surface area contributed by atoms with Crippen molar-refractivity contribution in [3.05, 3.63) is 58.5 Å². The molecular formula is C14H10FN5O3S. The molecular weight excluding hydrogens is 337 g/mol. The van der Waals surface area contributed by atoms with Crippen LogP contribution in [-0.4, -0.2) is 31.2 Å². The number of anilines is 1. The van der Waals surface area contributed by atoms with Crippen molar-refractivity contribution in [1.29, 1.82) is 0 Å². The van der Waals surface area contributed by atoms with Gasteiger partial charge in [-0.2, -0.15) is 4.39 Å². The van der Waals surface area contributed by atoms with Gasteiger partial charge in [0.05, 0.1) is 10.7 Å². The highest BCUT2D eigenvalue weighted by atomic mass is 32.2. The zero-order chi connectivity index (χ0) is 17.1. The van der Waals surface area contributed by atoms with Crippen molar-refractivity contribution in [3.63, 3.8) is 0 Å². The lowest BCUT2D eigenvalue weighted by atomic mass is 10.2. The topological polar surface area (TPSA) is 102 Å². The molecule has 0 bridgehead atoms. The van der Waals surface area contributed by atoms with Crippen LogP contribution in [0.2, 0.25) is 0 Å². The normalized spacial score (nSPS) is 10.7. The van der Waals surface area contributed by atoms with Crippen LogP contribution >= 0.6 is 11.8 Å². The van der Waals surface area contributed by atoms with E-state index >= 15 is 0 Å². The second-order valence-electron chi connectivity index (χ2n) is 4.67. The summed E-state index contributed by atoms with van der Waals surface area (Å²) in [6, 6.07) is 8.61. The first kappa shape index (κ1) is 15.9. The van der Waals surface area contributed by atoms with Crippen LogP contribution in [0, 0.1) is 15.9 Å². The van der Waals surface area contributed by atoms with E-state index in [2.05, 4.69) is 15.5 Å². The van der Waals surface area contributed by atoms with Crippen LogP contribution in [0.5, 0.6) is 0 Å². The van der Waals surface area contributed by atoms with E-state index in [1.54, 1.807) is 16.7 Å². The standard InChI is InChI=1S/C14H10FN5O3S/c15-10-5-4-9(7-11(10)20(22)23)16-13(21)8-24-14-18-17-12-3-1-2-6-19(12)14/h1-7H,8H2,(H,16,21). The minimum atomic E-state index is -0.956. The van der Waals surface area contributed by atoms with E-state index < -0.39 is 22.3 Å². The SMILES string of the molecule is O=C(CSc1nnc2ccccn12)Nc1ccc(F)c([N+](=O)[O-])c1. The van der Waals surface area contributed by atoms with Gasteiger partial charge in [-0.25, -0.2) is 0 Å². The molecule has 8 nitrogen and oxygen atoms in total. The number of carbonyl (C=O) groups excluding carboxylic acids is 1. The maximum absolute atomic E-state index is 13.3. The van der Waals surface area contributed by atoms with Crippen molar-refractivity contribution in [2.24, 2.45) is 0 Å². The average molecular weight is 347 g/mol. The van der Waals surface area contributed by atoms with E-state index in [1.807, 2.05) is 12.1 Å². The van der Waals surface area contributed by atoms with Gasteiger partial charge in [0.2, 0.25) is 11.7 Å². The Bertz CT molecular complexity index is 930. The first-order valence-corrected chi connectivity index (χ1v) is 7.69. The van der Waals surface area contributed by atoms with Crippen LogP contribution in [0.15, 0.2) is 47.8 Å². The van der Waals surface area contributed by atoms with Gasteiger partial charge < -0.3 is 5.32 Å². The predicted octanol–water partition coefficient (Wildman–Crippen LogP) is 2.51. The fraction of sp³-hybridized carbons (Fsp3) is 0.0714. The maximum atomic E-state index is 13.3. The Hall–Kier alpha value is -3.01. The highest BCUT2D eigenvalue weighted by Crippen LogP contribution is 2.22. The van der Waals surface area contributed by atoms with Gasteiger partial charge in [-0.15, -0.1) is 10.2 Å². The second-order valence-corrected chi connectivity index (χ2v) is 5.61. The molecule has 1 N–H and O–H groups in total. The fourth-order valence-electron chi connectivity index (χ4n) is 1.98. The Labute approximate surface area is 138 Å². The summed E-state index contributed by atoms with van der Waals surface area (Å²) in [5, 5.41) is 21.7. The van der Waals surface area contributed by atoms with Gasteiger partial charge in [0.1, 0.15) is 0 Å². The number of aromatic nitrogens is 3. The van der Waals surface area contributed by atoms with Gasteiger partial charge in [0.25, 0.3) is 0 Å². The number of nitrogens with one attached hydrogen (secondary N) is 1. The summed E-state index contributed by atoms with van der Waals surface area (Å²) in [5.74, 6) is -1.32. The number of rotatable bonds is 5. The summed E-state index contributed by atoms with van der Waals surface area (Å²) in [5.41, 5.74) is 0.123. The molecule has 0 aliphatic carbocycles. The van der Waals surface area contributed by atoms with Gasteiger partial charge in [0, 0.05) is 18.0 Å². The van der Waals surface area contributed by atoms with Crippen molar-refractivity contribution < 1.29 is 14.1 Å². The highest BCUT2D eigenvalue weighted by Gasteiger charge is 2.16. The summed E-state index contributed by atoms with van der Waals surface area (Å²) < 4.78 is 15.0. The van der Waals surface area contributed by atoms with Crippen LogP contribution in [0.3, 0.4) is 0 Å². The van der Waals surface area contributed by atoms with Gasteiger partial charge in [0.15, 0.2) is 10.8 Å². The Morgan fingerprint density at radius 2 is 2.17 bits per heavy atom. The molecule has 2 heterocycles. The molecule has 0 fully saturated rings. The number of hydrogen-bond donors (Lipinski definition) is 1. The number of hydrogen-bond acceptors (Lipinski definition) is 6. The molecule has 0 atom stereocenters. The molecule has 2 aromatic heterocycles. The molecule has 0 aliphatic heterocycles. The third-order valence-electron chi connectivity index (χ3n) is 3.04. The Morgan fingerprint density at radius 1 is 1.33 bits per heavy atom. The van der Waals surface area contributed by atoms with Crippen molar-refractivity contribution in [2.75, 3.05) is 11.1 Å². The van der Waals surface area contributed by atoms with Crippen molar-refractivity contribution in [1.82, 2.24) is 14.6 Å². The number of nitrogens with zero attached hydrogens (tertiary/aromatic N) is 4. The molecule has 3 aromatic rings. The summed E-state index contributed by atoms with van der Waals surface area (Å²) >= 11 is 1.17. The second kappa shape index (κ2) is 6.62. The van der Waals surface area contributed by atoms with E-state index in [-0.39, 0.29) is 11.4 Å². The predicted molar refractivity (Wildman–Crippen MR) is 85.4 cm³/mol. The Morgan fingerprint density at radius 3 is 2.96 bits per heavy atom. The van der Waals surface area contributed by atoms with E-state index in [0.717, 1.165) is 12.1 Å². The Kier molecular flexibility index (Phi) is 4.38. The van der Waals surface area contributed by atoms with E-state index in [0.29, 0.717) is 10.8 Å². The monoisotopic (exact) mass is 347 g/mol. The smallest absolute Gasteiger partial charge is 0.306 e. The third kappa shape index (κ3) is 3.33. The van der Waals surface area contributed by atoms with Crippen LogP contribution in [0.25, 0.3) is 5.65 Å². The lowest BCUT2D eigenvalue weighted by molar-refractivity contribution is -0.387. The lowest BCUT2D eigenvalue weighted by Crippen LogP contribution is -2.14. The van der Waals surface area contributed by atoms with Gasteiger partial charge in [-0.3, -0.25) is 19.3 Å². The maximum Gasteiger partial charge on any atom is 0.306 e. The van der Waals surface area contributed by atoms with Crippen LogP contribution in [0.4, 0.5) is 15.8 Å². The van der Waals surface area contributed by atoms with Crippen LogP contribution < -0.4 is 5.32 Å². The molecule has 0 radical (unpaired) electrons. The third-order valence-corrected chi connectivity index (χ3v) is 3.98. The molecule has 0 unspecified atom stereocenters. The summed E-state index contributed by atoms with van der Waals surface area (Å²) in [4.78, 5) is 21.8. The number of fused-ring (bicyclic) bond motifs is 1. The molecule has 10 heteroatoms. The first-order chi connectivity index (χ1) is 11.5. The summed E-state index contributed by atoms with van der Waals surface area (Å²) in [6.07, 6.45) is 1.78. The first-order valence-electron chi connectivity index (χ1n) is 6.71. The van der Waals surface area contributed by atoms with Crippen molar-refractivity contribution in [2.45, 2.75) is 5.16 Å². The molecule has 1 amide bonds. The number of benzene rings is 1. The number of pyridine rings is 1. The number of thioether (sulfide) groups is 1. The number of nitro benzene ring substituents is 1. The molecule has 3 rings (SSSR count). The highest BCUT2D eigenvalue weighted by molar-refractivity contribution is 7.99. The molecule has 0 saturated heterocycles. The molecule has 122 valence electrons. The zero-order valence-electron chi connectivity index (χ0n) is 12.0. The summed E-state index contributed by atoms with van der Waals surface area (Å²) in [6.45, 7) is 0. The van der Waals surface area contributed by atoms with Crippen LogP contribution in [0.1, 0.15) is 0 Å². The van der Waals surface area contributed by atoms with Crippen molar-refractivity contribution in [3.8, 4) is 0 Å². The van der Waals surface area contributed by atoms with E-state index in [4.69, 9.17) is 0 Å². The van der Waals surface area contributed by atoms with E-state index in [1.165, 1.54) is 17.8 Å². The number of amides is 1. The Balaban J connectivity index is 1.66. The minimum Gasteiger partial charge on any atom is -0.325 e. The van der Waals surface area contributed by atoms with Crippen LogP contribution in [-0.2, 0) is 4.79 Å². The fourth-order valence-corrected chi connectivity index (χ4v) is 2.70. The quantitative estimate of drug-likeness (QED) is 0.432. The molecule has 0 spiro atoms. The molecule has 0 aliphatic rings. The number of halogens is 1. The molecule has 1 aromatic carbocycles. The minimum absolute atomic E-state index is 0.0286. The van der Waals surface area contributed by atoms with E-state index in [9.17, 15) is 19.3 Å². The van der Waals surface area contributed by atoms with Crippen molar-refractivity contribution >= 4 is 34.7 Å². The molecule has 24 heavy (non-hydrogen) atoms. The van der Waals surface area contributed by atoms with Gasteiger partial charge in [-0.1, -0.05) is 17.8 Å². The van der Waals surface area contributed by atoms with Gasteiger partial charge >= 0.3 is 5.69 Å². The number of nitro groups is 1. The number of carbonyl (C=O) groups is 1.